The molecular formula is C24H27FN4O. The van der Waals surface area contributed by atoms with E-state index < -0.39 is 12.7 Å². The monoisotopic (exact) mass is 406 g/mol. The Morgan fingerprint density at radius 1 is 1.07 bits per heavy atom. The first kappa shape index (κ1) is 21.4. The summed E-state index contributed by atoms with van der Waals surface area (Å²) >= 11 is 0. The Bertz CT molecular complexity index is 969. The van der Waals surface area contributed by atoms with Crippen LogP contribution in [0.3, 0.4) is 0 Å². The summed E-state index contributed by atoms with van der Waals surface area (Å²) in [5.74, 6) is 0. The second-order valence-corrected chi connectivity index (χ2v) is 8.43. The Hall–Kier alpha value is -3.28. The van der Waals surface area contributed by atoms with Crippen molar-refractivity contribution in [1.29, 1.82) is 0 Å². The molecule has 1 aromatic carbocycles. The third-order valence-corrected chi connectivity index (χ3v) is 4.58. The Balaban J connectivity index is 1.94. The molecule has 3 rings (SSSR count). The predicted octanol–water partition coefficient (Wildman–Crippen LogP) is 5.45. The molecule has 0 aliphatic heterocycles. The van der Waals surface area contributed by atoms with Crippen molar-refractivity contribution in [2.45, 2.75) is 39.9 Å². The Kier molecular flexibility index (Phi) is 6.77. The molecule has 5 nitrogen and oxygen atoms in total. The van der Waals surface area contributed by atoms with Crippen molar-refractivity contribution in [2.24, 2.45) is 5.41 Å². The molecule has 156 valence electrons. The summed E-state index contributed by atoms with van der Waals surface area (Å²) in [5.41, 5.74) is 3.92. The number of hydrogen-bond donors (Lipinski definition) is 2. The minimum absolute atomic E-state index is 0.0540. The van der Waals surface area contributed by atoms with Crippen LogP contribution in [-0.4, -0.2) is 16.0 Å². The molecule has 2 N–H and O–H groups in total. The minimum atomic E-state index is -0.529. The van der Waals surface area contributed by atoms with E-state index in [-0.39, 0.29) is 11.4 Å². The maximum absolute atomic E-state index is 13.0. The van der Waals surface area contributed by atoms with Crippen molar-refractivity contribution in [2.75, 3.05) is 5.32 Å². The van der Waals surface area contributed by atoms with E-state index in [2.05, 4.69) is 41.4 Å². The van der Waals surface area contributed by atoms with Gasteiger partial charge in [0.2, 0.25) is 0 Å². The number of benzene rings is 1. The van der Waals surface area contributed by atoms with E-state index in [0.717, 1.165) is 23.2 Å². The van der Waals surface area contributed by atoms with Crippen molar-refractivity contribution in [3.8, 4) is 0 Å². The van der Waals surface area contributed by atoms with E-state index in [1.165, 1.54) is 0 Å². The van der Waals surface area contributed by atoms with Crippen LogP contribution in [0.5, 0.6) is 0 Å². The number of amides is 2. The number of urea groups is 1. The lowest BCUT2D eigenvalue weighted by molar-refractivity contribution is 0.250. The molecule has 3 aromatic rings. The SMILES string of the molecule is CC(C)(C)Cc1cccnc1[C@@H](NC(=O)Nc1cccnc1)c1ccc(CF)cc1. The average molecular weight is 407 g/mol. The first-order valence-corrected chi connectivity index (χ1v) is 9.92. The third kappa shape index (κ3) is 5.86. The quantitative estimate of drug-likeness (QED) is 0.572. The molecule has 0 saturated heterocycles. The lowest BCUT2D eigenvalue weighted by Gasteiger charge is -2.25. The highest BCUT2D eigenvalue weighted by atomic mass is 19.1. The predicted molar refractivity (Wildman–Crippen MR) is 117 cm³/mol. The molecule has 6 heteroatoms. The van der Waals surface area contributed by atoms with E-state index in [1.807, 2.05) is 24.3 Å². The summed E-state index contributed by atoms with van der Waals surface area (Å²) in [7, 11) is 0. The Labute approximate surface area is 176 Å². The van der Waals surface area contributed by atoms with Crippen LogP contribution in [-0.2, 0) is 13.1 Å². The molecule has 2 amide bonds. The number of hydrogen-bond acceptors (Lipinski definition) is 3. The van der Waals surface area contributed by atoms with E-state index in [9.17, 15) is 9.18 Å². The van der Waals surface area contributed by atoms with Crippen molar-refractivity contribution in [3.05, 3.63) is 89.5 Å². The number of aromatic nitrogens is 2. The standard InChI is InChI=1S/C24H27FN4O/c1-24(2,3)14-19-6-4-13-27-21(19)22(18-10-8-17(15-25)9-11-18)29-23(30)28-20-7-5-12-26-16-20/h4-13,16,22H,14-15H2,1-3H3,(H2,28,29,30)/t22-/m0/s1. The van der Waals surface area contributed by atoms with Crippen molar-refractivity contribution in [1.82, 2.24) is 15.3 Å². The number of rotatable bonds is 6. The van der Waals surface area contributed by atoms with Gasteiger partial charge in [-0.3, -0.25) is 9.97 Å². The second-order valence-electron chi connectivity index (χ2n) is 8.43. The lowest BCUT2D eigenvalue weighted by Crippen LogP contribution is -2.34. The molecule has 0 fully saturated rings. The number of carbonyl (C=O) groups excluding carboxylic acids is 1. The second kappa shape index (κ2) is 9.48. The van der Waals surface area contributed by atoms with Crippen molar-refractivity contribution in [3.63, 3.8) is 0 Å². The summed E-state index contributed by atoms with van der Waals surface area (Å²) in [5, 5.41) is 5.83. The number of nitrogens with zero attached hydrogens (tertiary/aromatic N) is 2. The van der Waals surface area contributed by atoms with Gasteiger partial charge in [0, 0.05) is 12.4 Å². The summed E-state index contributed by atoms with van der Waals surface area (Å²) in [6.07, 6.45) is 5.76. The fraction of sp³-hybridized carbons (Fsp3) is 0.292. The molecule has 0 unspecified atom stereocenters. The van der Waals surface area contributed by atoms with Gasteiger partial charge in [-0.2, -0.15) is 0 Å². The highest BCUT2D eigenvalue weighted by Gasteiger charge is 2.23. The van der Waals surface area contributed by atoms with Gasteiger partial charge in [0.25, 0.3) is 0 Å². The van der Waals surface area contributed by atoms with Crippen molar-refractivity contribution < 1.29 is 9.18 Å². The fourth-order valence-electron chi connectivity index (χ4n) is 3.28. The first-order chi connectivity index (χ1) is 14.4. The van der Waals surface area contributed by atoms with Gasteiger partial charge in [-0.05, 0) is 46.7 Å². The van der Waals surface area contributed by atoms with Gasteiger partial charge in [0.1, 0.15) is 6.67 Å². The van der Waals surface area contributed by atoms with E-state index in [1.54, 1.807) is 42.9 Å². The van der Waals surface area contributed by atoms with Crippen LogP contribution in [0.25, 0.3) is 0 Å². The van der Waals surface area contributed by atoms with Crippen LogP contribution in [0.2, 0.25) is 0 Å². The largest absolute Gasteiger partial charge is 0.325 e. The van der Waals surface area contributed by atoms with Gasteiger partial charge >= 0.3 is 6.03 Å². The number of nitrogens with one attached hydrogen (secondary N) is 2. The van der Waals surface area contributed by atoms with Gasteiger partial charge < -0.3 is 10.6 Å². The minimum Gasteiger partial charge on any atom is -0.325 e. The normalized spacial score (nSPS) is 12.3. The Morgan fingerprint density at radius 2 is 1.80 bits per heavy atom. The van der Waals surface area contributed by atoms with E-state index in [4.69, 9.17) is 0 Å². The molecule has 0 saturated carbocycles. The molecule has 30 heavy (non-hydrogen) atoms. The van der Waals surface area contributed by atoms with E-state index >= 15 is 0 Å². The maximum atomic E-state index is 13.0. The first-order valence-electron chi connectivity index (χ1n) is 9.92. The van der Waals surface area contributed by atoms with E-state index in [0.29, 0.717) is 11.3 Å². The van der Waals surface area contributed by atoms with Crippen molar-refractivity contribution >= 4 is 11.7 Å². The number of anilines is 1. The smallest absolute Gasteiger partial charge is 0.320 e. The van der Waals surface area contributed by atoms with Crippen LogP contribution in [0.4, 0.5) is 14.9 Å². The van der Waals surface area contributed by atoms with Gasteiger partial charge in [-0.1, -0.05) is 51.1 Å². The average Bonchev–Trinajstić information content (AvgIpc) is 2.72. The van der Waals surface area contributed by atoms with Gasteiger partial charge in [-0.25, -0.2) is 9.18 Å². The zero-order valence-electron chi connectivity index (χ0n) is 17.5. The number of carbonyl (C=O) groups is 1. The van der Waals surface area contributed by atoms with Gasteiger partial charge in [-0.15, -0.1) is 0 Å². The van der Waals surface area contributed by atoms with Gasteiger partial charge in [0.05, 0.1) is 23.6 Å². The molecule has 0 aliphatic carbocycles. The summed E-state index contributed by atoms with van der Waals surface area (Å²) in [4.78, 5) is 21.4. The topological polar surface area (TPSA) is 66.9 Å². The summed E-state index contributed by atoms with van der Waals surface area (Å²) in [6, 6.07) is 13.8. The van der Waals surface area contributed by atoms with Crippen LogP contribution >= 0.6 is 0 Å². The zero-order chi connectivity index (χ0) is 21.6. The lowest BCUT2D eigenvalue weighted by atomic mass is 9.85. The molecule has 0 spiro atoms. The third-order valence-electron chi connectivity index (χ3n) is 4.58. The number of halogens is 1. The summed E-state index contributed by atoms with van der Waals surface area (Å²) < 4.78 is 13.0. The molecular weight excluding hydrogens is 379 g/mol. The molecule has 1 atom stereocenters. The number of alkyl halides is 1. The fourth-order valence-corrected chi connectivity index (χ4v) is 3.28. The van der Waals surface area contributed by atoms with Crippen LogP contribution in [0.1, 0.15) is 49.2 Å². The molecule has 0 aliphatic rings. The van der Waals surface area contributed by atoms with Crippen LogP contribution in [0.15, 0.2) is 67.1 Å². The van der Waals surface area contributed by atoms with Crippen LogP contribution < -0.4 is 10.6 Å². The molecule has 2 heterocycles. The zero-order valence-corrected chi connectivity index (χ0v) is 17.5. The summed E-state index contributed by atoms with van der Waals surface area (Å²) in [6.45, 7) is 5.96. The number of pyridine rings is 2. The molecule has 0 radical (unpaired) electrons. The van der Waals surface area contributed by atoms with Gasteiger partial charge in [0.15, 0.2) is 0 Å². The highest BCUT2D eigenvalue weighted by Crippen LogP contribution is 2.29. The Morgan fingerprint density at radius 3 is 2.43 bits per heavy atom. The molecule has 2 aromatic heterocycles. The molecule has 0 bridgehead atoms. The maximum Gasteiger partial charge on any atom is 0.320 e. The van der Waals surface area contributed by atoms with Crippen LogP contribution in [0, 0.1) is 5.41 Å². The highest BCUT2D eigenvalue weighted by molar-refractivity contribution is 5.89.